The van der Waals surface area contributed by atoms with Gasteiger partial charge < -0.3 is 25.2 Å². The van der Waals surface area contributed by atoms with Crippen molar-refractivity contribution >= 4 is 29.7 Å². The van der Waals surface area contributed by atoms with E-state index in [9.17, 15) is 19.5 Å². The average molecular weight is 501 g/mol. The molecule has 9 heteroatoms. The number of nitrogens with one attached hydrogen (secondary N) is 2. The first-order valence-electron chi connectivity index (χ1n) is 11.5. The van der Waals surface area contributed by atoms with Gasteiger partial charge in [0.05, 0.1) is 6.61 Å². The Morgan fingerprint density at radius 1 is 1.09 bits per heavy atom. The fourth-order valence-corrected chi connectivity index (χ4v) is 4.82. The normalized spacial score (nSPS) is 14.8. The first kappa shape index (κ1) is 26.6. The Morgan fingerprint density at radius 2 is 1.69 bits per heavy atom. The highest BCUT2D eigenvalue weighted by Crippen LogP contribution is 2.44. The number of carboxylic acid groups (broad SMARTS) is 1. The van der Waals surface area contributed by atoms with E-state index in [4.69, 9.17) is 9.47 Å². The quantitative estimate of drug-likeness (QED) is 0.408. The topological polar surface area (TPSA) is 114 Å². The number of methoxy groups -OCH3 is 1. The standard InChI is InChI=1S/C26H32N2O6S/c1-4-26(16-33-2,24(30)31)28-23(29)22(13-14-35-3)27-25(32)34-15-21-19-11-7-5-9-17(19)18-10-6-8-12-20(18)21/h5-12,21-22H,4,13-16H2,1-3H3,(H,27,32)(H,28,29)(H,30,31)/t22-,26?/m0/s1. The highest BCUT2D eigenvalue weighted by atomic mass is 32.2. The van der Waals surface area contributed by atoms with Gasteiger partial charge in [-0.15, -0.1) is 0 Å². The highest BCUT2D eigenvalue weighted by Gasteiger charge is 2.40. The van der Waals surface area contributed by atoms with Gasteiger partial charge in [0.2, 0.25) is 5.91 Å². The largest absolute Gasteiger partial charge is 0.479 e. The van der Waals surface area contributed by atoms with Gasteiger partial charge in [0.15, 0.2) is 5.54 Å². The number of thioether (sulfide) groups is 1. The number of rotatable bonds is 12. The van der Waals surface area contributed by atoms with Crippen LogP contribution in [-0.4, -0.2) is 67.0 Å². The molecule has 1 unspecified atom stereocenters. The van der Waals surface area contributed by atoms with Crippen molar-refractivity contribution in [1.82, 2.24) is 10.6 Å². The van der Waals surface area contributed by atoms with Crippen LogP contribution in [0, 0.1) is 0 Å². The Bertz CT molecular complexity index is 1020. The number of aliphatic carboxylic acids is 1. The van der Waals surface area contributed by atoms with E-state index >= 15 is 0 Å². The van der Waals surface area contributed by atoms with Crippen LogP contribution in [0.4, 0.5) is 4.79 Å². The number of carboxylic acids is 1. The number of hydrogen-bond acceptors (Lipinski definition) is 6. The molecule has 0 heterocycles. The minimum Gasteiger partial charge on any atom is -0.479 e. The SMILES string of the molecule is CCC(COC)(NC(=O)[C@H](CCSC)NC(=O)OCC1c2ccccc2-c2ccccc21)C(=O)O. The molecule has 0 spiro atoms. The second kappa shape index (κ2) is 12.1. The van der Waals surface area contributed by atoms with Crippen molar-refractivity contribution in [2.24, 2.45) is 0 Å². The maximum atomic E-state index is 13.0. The summed E-state index contributed by atoms with van der Waals surface area (Å²) in [7, 11) is 1.37. The van der Waals surface area contributed by atoms with Crippen LogP contribution in [-0.2, 0) is 19.1 Å². The Hall–Kier alpha value is -3.04. The first-order chi connectivity index (χ1) is 16.9. The molecule has 0 aliphatic heterocycles. The minimum atomic E-state index is -1.58. The van der Waals surface area contributed by atoms with E-state index in [1.54, 1.807) is 6.92 Å². The molecular formula is C26H32N2O6S. The van der Waals surface area contributed by atoms with Crippen molar-refractivity contribution in [3.63, 3.8) is 0 Å². The van der Waals surface area contributed by atoms with Crippen LogP contribution in [0.1, 0.15) is 36.8 Å². The molecule has 3 rings (SSSR count). The summed E-state index contributed by atoms with van der Waals surface area (Å²) >= 11 is 1.52. The van der Waals surface area contributed by atoms with E-state index < -0.39 is 29.6 Å². The lowest BCUT2D eigenvalue weighted by atomic mass is 9.96. The van der Waals surface area contributed by atoms with Gasteiger partial charge in [-0.05, 0) is 47.1 Å². The molecule has 3 N–H and O–H groups in total. The summed E-state index contributed by atoms with van der Waals surface area (Å²) in [5.41, 5.74) is 2.85. The first-order valence-corrected chi connectivity index (χ1v) is 12.9. The van der Waals surface area contributed by atoms with Crippen LogP contribution < -0.4 is 10.6 Å². The smallest absolute Gasteiger partial charge is 0.407 e. The van der Waals surface area contributed by atoms with E-state index in [0.717, 1.165) is 22.3 Å². The van der Waals surface area contributed by atoms with Gasteiger partial charge in [0, 0.05) is 13.0 Å². The molecule has 1 aliphatic carbocycles. The van der Waals surface area contributed by atoms with Gasteiger partial charge in [0.1, 0.15) is 12.6 Å². The number of fused-ring (bicyclic) bond motifs is 3. The van der Waals surface area contributed by atoms with Crippen LogP contribution in [0.2, 0.25) is 0 Å². The van der Waals surface area contributed by atoms with E-state index in [1.165, 1.54) is 18.9 Å². The number of carbonyl (C=O) groups is 3. The molecule has 0 bridgehead atoms. The number of amides is 2. The Labute approximate surface area is 209 Å². The van der Waals surface area contributed by atoms with Crippen LogP contribution in [0.3, 0.4) is 0 Å². The number of benzene rings is 2. The molecule has 2 aromatic rings. The minimum absolute atomic E-state index is 0.104. The molecule has 0 saturated heterocycles. The Morgan fingerprint density at radius 3 is 2.20 bits per heavy atom. The van der Waals surface area contributed by atoms with Gasteiger partial charge in [0.25, 0.3) is 0 Å². The summed E-state index contributed by atoms with van der Waals surface area (Å²) in [5.74, 6) is -1.29. The average Bonchev–Trinajstić information content (AvgIpc) is 3.18. The van der Waals surface area contributed by atoms with Gasteiger partial charge in [-0.1, -0.05) is 55.5 Å². The lowest BCUT2D eigenvalue weighted by Crippen LogP contribution is -2.61. The maximum absolute atomic E-state index is 13.0. The lowest BCUT2D eigenvalue weighted by Gasteiger charge is -2.30. The molecule has 8 nitrogen and oxygen atoms in total. The fraction of sp³-hybridized carbons (Fsp3) is 0.423. The second-order valence-corrected chi connectivity index (χ2v) is 9.45. The summed E-state index contributed by atoms with van der Waals surface area (Å²) in [5, 5.41) is 14.9. The molecule has 188 valence electrons. The van der Waals surface area contributed by atoms with Gasteiger partial charge in [-0.3, -0.25) is 4.79 Å². The monoisotopic (exact) mass is 500 g/mol. The molecule has 1 aliphatic rings. The maximum Gasteiger partial charge on any atom is 0.407 e. The predicted octanol–water partition coefficient (Wildman–Crippen LogP) is 3.64. The van der Waals surface area contributed by atoms with Crippen LogP contribution in [0.15, 0.2) is 48.5 Å². The van der Waals surface area contributed by atoms with Crippen molar-refractivity contribution in [2.75, 3.05) is 32.3 Å². The zero-order chi connectivity index (χ0) is 25.4. The number of carbonyl (C=O) groups excluding carboxylic acids is 2. The third-order valence-corrected chi connectivity index (χ3v) is 6.97. The summed E-state index contributed by atoms with van der Waals surface area (Å²) in [6.07, 6.45) is 1.62. The molecule has 35 heavy (non-hydrogen) atoms. The number of alkyl carbamates (subject to hydrolysis) is 1. The molecule has 0 saturated carbocycles. The molecule has 0 aromatic heterocycles. The molecule has 0 radical (unpaired) electrons. The third kappa shape index (κ3) is 5.97. The zero-order valence-corrected chi connectivity index (χ0v) is 21.0. The summed E-state index contributed by atoms with van der Waals surface area (Å²) in [6.45, 7) is 1.59. The van der Waals surface area contributed by atoms with E-state index in [2.05, 4.69) is 22.8 Å². The summed E-state index contributed by atoms with van der Waals surface area (Å²) in [6, 6.07) is 15.1. The van der Waals surface area contributed by atoms with Crippen LogP contribution in [0.5, 0.6) is 0 Å². The van der Waals surface area contributed by atoms with Crippen molar-refractivity contribution in [2.45, 2.75) is 37.3 Å². The fourth-order valence-electron chi connectivity index (χ4n) is 4.35. The van der Waals surface area contributed by atoms with Gasteiger partial charge in [-0.25, -0.2) is 9.59 Å². The lowest BCUT2D eigenvalue weighted by molar-refractivity contribution is -0.150. The molecule has 2 amide bonds. The summed E-state index contributed by atoms with van der Waals surface area (Å²) < 4.78 is 10.6. The highest BCUT2D eigenvalue weighted by molar-refractivity contribution is 7.98. The van der Waals surface area contributed by atoms with Crippen molar-refractivity contribution in [3.8, 4) is 11.1 Å². The van der Waals surface area contributed by atoms with E-state index in [0.29, 0.717) is 12.2 Å². The van der Waals surface area contributed by atoms with Crippen molar-refractivity contribution < 1.29 is 29.0 Å². The predicted molar refractivity (Wildman–Crippen MR) is 136 cm³/mol. The van der Waals surface area contributed by atoms with Crippen LogP contribution in [0.25, 0.3) is 11.1 Å². The van der Waals surface area contributed by atoms with Crippen LogP contribution >= 0.6 is 11.8 Å². The van der Waals surface area contributed by atoms with Crippen molar-refractivity contribution in [1.29, 1.82) is 0 Å². The molecule has 2 atom stereocenters. The molecule has 2 aromatic carbocycles. The third-order valence-electron chi connectivity index (χ3n) is 6.33. The van der Waals surface area contributed by atoms with E-state index in [1.807, 2.05) is 42.7 Å². The molecule has 0 fully saturated rings. The zero-order valence-electron chi connectivity index (χ0n) is 20.2. The van der Waals surface area contributed by atoms with E-state index in [-0.39, 0.29) is 25.6 Å². The Balaban J connectivity index is 1.69. The van der Waals surface area contributed by atoms with Gasteiger partial charge in [-0.2, -0.15) is 11.8 Å². The number of hydrogen-bond donors (Lipinski definition) is 3. The second-order valence-electron chi connectivity index (χ2n) is 8.47. The van der Waals surface area contributed by atoms with Gasteiger partial charge >= 0.3 is 12.1 Å². The summed E-state index contributed by atoms with van der Waals surface area (Å²) in [4.78, 5) is 37.6. The van der Waals surface area contributed by atoms with Crippen molar-refractivity contribution in [3.05, 3.63) is 59.7 Å². The molecular weight excluding hydrogens is 468 g/mol. The Kier molecular flexibility index (Phi) is 9.17. The number of ether oxygens (including phenoxy) is 2.